The summed E-state index contributed by atoms with van der Waals surface area (Å²) < 4.78 is 2.27. The Bertz CT molecular complexity index is 1000. The number of pyridine rings is 1. The molecule has 25 heavy (non-hydrogen) atoms. The van der Waals surface area contributed by atoms with Crippen molar-refractivity contribution in [3.8, 4) is 11.3 Å². The second kappa shape index (κ2) is 7.28. The van der Waals surface area contributed by atoms with Crippen molar-refractivity contribution >= 4 is 17.0 Å². The van der Waals surface area contributed by atoms with Crippen LogP contribution in [-0.2, 0) is 6.54 Å². The maximum Gasteiger partial charge on any atom is 0.190 e. The lowest BCUT2D eigenvalue weighted by Gasteiger charge is -2.09. The van der Waals surface area contributed by atoms with Gasteiger partial charge in [-0.1, -0.05) is 60.7 Å². The van der Waals surface area contributed by atoms with E-state index in [1.807, 2.05) is 24.3 Å². The molecular weight excluding hydrogens is 326 g/mol. The normalized spacial score (nSPS) is 11.6. The summed E-state index contributed by atoms with van der Waals surface area (Å²) in [5.41, 5.74) is 4.50. The zero-order valence-corrected chi connectivity index (χ0v) is 14.4. The Morgan fingerprint density at radius 2 is 1.64 bits per heavy atom. The third-order valence-electron chi connectivity index (χ3n) is 3.92. The average molecular weight is 343 g/mol. The molecule has 0 N–H and O–H groups in total. The van der Waals surface area contributed by atoms with Gasteiger partial charge in [-0.3, -0.25) is 4.98 Å². The average Bonchev–Trinajstić information content (AvgIpc) is 3.06. The van der Waals surface area contributed by atoms with E-state index in [-0.39, 0.29) is 0 Å². The standard InChI is InChI=1S/C21H17N3S/c1-3-8-17(9-4-1)15-24-20(18-10-5-2-6-11-18)16-25-21(24)23-19-12-7-13-22-14-19/h1-14,16H,15H2. The molecule has 0 aliphatic carbocycles. The first-order chi connectivity index (χ1) is 12.4. The number of nitrogens with zero attached hydrogens (tertiary/aromatic N) is 3. The van der Waals surface area contributed by atoms with Crippen molar-refractivity contribution in [3.05, 3.63) is 101 Å². The van der Waals surface area contributed by atoms with Crippen LogP contribution in [0.4, 0.5) is 5.69 Å². The molecule has 0 bridgehead atoms. The van der Waals surface area contributed by atoms with Gasteiger partial charge in [-0.2, -0.15) is 0 Å². The van der Waals surface area contributed by atoms with Crippen LogP contribution in [0, 0.1) is 0 Å². The molecule has 2 aromatic heterocycles. The predicted octanol–water partition coefficient (Wildman–Crippen LogP) is 4.89. The van der Waals surface area contributed by atoms with E-state index in [0.29, 0.717) is 0 Å². The summed E-state index contributed by atoms with van der Waals surface area (Å²) in [6.07, 6.45) is 3.55. The lowest BCUT2D eigenvalue weighted by Crippen LogP contribution is -2.16. The fourth-order valence-electron chi connectivity index (χ4n) is 2.71. The fraction of sp³-hybridized carbons (Fsp3) is 0.0476. The summed E-state index contributed by atoms with van der Waals surface area (Å²) in [6, 6.07) is 24.8. The van der Waals surface area contributed by atoms with Crippen LogP contribution in [0.1, 0.15) is 5.56 Å². The van der Waals surface area contributed by atoms with Crippen molar-refractivity contribution in [1.29, 1.82) is 0 Å². The van der Waals surface area contributed by atoms with E-state index in [9.17, 15) is 0 Å². The van der Waals surface area contributed by atoms with Crippen LogP contribution in [0.3, 0.4) is 0 Å². The molecule has 0 atom stereocenters. The topological polar surface area (TPSA) is 30.2 Å². The molecular formula is C21H17N3S. The van der Waals surface area contributed by atoms with E-state index in [2.05, 4.69) is 63.5 Å². The first-order valence-electron chi connectivity index (χ1n) is 8.12. The van der Waals surface area contributed by atoms with E-state index < -0.39 is 0 Å². The van der Waals surface area contributed by atoms with E-state index in [4.69, 9.17) is 4.99 Å². The number of thiazole rings is 1. The van der Waals surface area contributed by atoms with Crippen molar-refractivity contribution in [1.82, 2.24) is 9.55 Å². The lowest BCUT2D eigenvalue weighted by atomic mass is 10.1. The Kier molecular flexibility index (Phi) is 4.53. The minimum absolute atomic E-state index is 0.785. The van der Waals surface area contributed by atoms with Crippen LogP contribution in [0.15, 0.2) is 95.6 Å². The second-order valence-electron chi connectivity index (χ2n) is 5.66. The van der Waals surface area contributed by atoms with Gasteiger partial charge in [0, 0.05) is 11.6 Å². The van der Waals surface area contributed by atoms with Crippen LogP contribution >= 0.6 is 11.3 Å². The monoisotopic (exact) mass is 343 g/mol. The molecule has 2 heterocycles. The summed E-state index contributed by atoms with van der Waals surface area (Å²) in [4.78, 5) is 9.93. The molecule has 0 amide bonds. The Morgan fingerprint density at radius 3 is 2.36 bits per heavy atom. The third kappa shape index (κ3) is 3.59. The fourth-order valence-corrected chi connectivity index (χ4v) is 3.64. The van der Waals surface area contributed by atoms with Gasteiger partial charge in [-0.15, -0.1) is 11.3 Å². The Morgan fingerprint density at radius 1 is 0.880 bits per heavy atom. The van der Waals surface area contributed by atoms with Crippen LogP contribution in [0.25, 0.3) is 11.3 Å². The van der Waals surface area contributed by atoms with Crippen molar-refractivity contribution in [2.45, 2.75) is 6.54 Å². The Balaban J connectivity index is 1.85. The molecule has 0 radical (unpaired) electrons. The minimum Gasteiger partial charge on any atom is -0.312 e. The zero-order chi connectivity index (χ0) is 16.9. The van der Waals surface area contributed by atoms with Crippen molar-refractivity contribution < 1.29 is 0 Å². The Hall–Kier alpha value is -2.98. The van der Waals surface area contributed by atoms with Crippen molar-refractivity contribution in [3.63, 3.8) is 0 Å². The molecule has 2 aromatic carbocycles. The number of aromatic nitrogens is 2. The molecule has 0 aliphatic heterocycles. The van der Waals surface area contributed by atoms with Crippen molar-refractivity contribution in [2.75, 3.05) is 0 Å². The SMILES string of the molecule is c1ccc(Cn2c(-c3ccccc3)csc2=Nc2cccnc2)cc1. The molecule has 4 aromatic rings. The van der Waals surface area contributed by atoms with Crippen LogP contribution in [-0.4, -0.2) is 9.55 Å². The molecule has 4 rings (SSSR count). The number of benzene rings is 2. The number of hydrogen-bond donors (Lipinski definition) is 0. The molecule has 122 valence electrons. The van der Waals surface area contributed by atoms with E-state index in [1.165, 1.54) is 16.8 Å². The minimum atomic E-state index is 0.785. The zero-order valence-electron chi connectivity index (χ0n) is 13.6. The third-order valence-corrected chi connectivity index (χ3v) is 4.79. The van der Waals surface area contributed by atoms with Gasteiger partial charge >= 0.3 is 0 Å². The molecule has 0 spiro atoms. The number of hydrogen-bond acceptors (Lipinski definition) is 3. The van der Waals surface area contributed by atoms with Crippen molar-refractivity contribution in [2.24, 2.45) is 4.99 Å². The first kappa shape index (κ1) is 15.5. The van der Waals surface area contributed by atoms with Gasteiger partial charge in [0.2, 0.25) is 0 Å². The van der Waals surface area contributed by atoms with E-state index in [1.54, 1.807) is 23.7 Å². The molecule has 0 saturated carbocycles. The maximum atomic E-state index is 4.80. The van der Waals surface area contributed by atoms with Gasteiger partial charge in [0.15, 0.2) is 4.80 Å². The highest BCUT2D eigenvalue weighted by Crippen LogP contribution is 2.21. The maximum absolute atomic E-state index is 4.80. The smallest absolute Gasteiger partial charge is 0.190 e. The summed E-state index contributed by atoms with van der Waals surface area (Å²) in [7, 11) is 0. The largest absolute Gasteiger partial charge is 0.312 e. The van der Waals surface area contributed by atoms with Gasteiger partial charge < -0.3 is 4.57 Å². The van der Waals surface area contributed by atoms with Gasteiger partial charge in [0.05, 0.1) is 24.1 Å². The molecule has 0 fully saturated rings. The highest BCUT2D eigenvalue weighted by Gasteiger charge is 2.08. The molecule has 0 unspecified atom stereocenters. The summed E-state index contributed by atoms with van der Waals surface area (Å²) >= 11 is 1.65. The van der Waals surface area contributed by atoms with E-state index >= 15 is 0 Å². The molecule has 0 saturated heterocycles. The van der Waals surface area contributed by atoms with E-state index in [0.717, 1.165) is 17.0 Å². The summed E-state index contributed by atoms with van der Waals surface area (Å²) in [6.45, 7) is 0.785. The van der Waals surface area contributed by atoms with Gasteiger partial charge in [0.25, 0.3) is 0 Å². The van der Waals surface area contributed by atoms with Gasteiger partial charge in [-0.05, 0) is 23.3 Å². The summed E-state index contributed by atoms with van der Waals surface area (Å²) in [5.74, 6) is 0. The molecule has 0 aliphatic rings. The molecule has 4 heteroatoms. The second-order valence-corrected chi connectivity index (χ2v) is 6.50. The summed E-state index contributed by atoms with van der Waals surface area (Å²) in [5, 5.41) is 2.17. The van der Waals surface area contributed by atoms with Crippen LogP contribution < -0.4 is 4.80 Å². The van der Waals surface area contributed by atoms with Gasteiger partial charge in [0.1, 0.15) is 0 Å². The predicted molar refractivity (Wildman–Crippen MR) is 103 cm³/mol. The highest BCUT2D eigenvalue weighted by molar-refractivity contribution is 7.07. The quantitative estimate of drug-likeness (QED) is 0.519. The lowest BCUT2D eigenvalue weighted by molar-refractivity contribution is 0.778. The molecule has 3 nitrogen and oxygen atoms in total. The highest BCUT2D eigenvalue weighted by atomic mass is 32.1. The van der Waals surface area contributed by atoms with Crippen LogP contribution in [0.5, 0.6) is 0 Å². The first-order valence-corrected chi connectivity index (χ1v) is 9.00. The Labute approximate surface area is 150 Å². The number of rotatable bonds is 4. The van der Waals surface area contributed by atoms with Crippen LogP contribution in [0.2, 0.25) is 0 Å². The van der Waals surface area contributed by atoms with Gasteiger partial charge in [-0.25, -0.2) is 4.99 Å².